The Balaban J connectivity index is 1.64. The Bertz CT molecular complexity index is 1730. The Kier molecular flexibility index (Phi) is 6.86. The van der Waals surface area contributed by atoms with Gasteiger partial charge in [0.25, 0.3) is 5.56 Å². The van der Waals surface area contributed by atoms with Crippen molar-refractivity contribution in [2.75, 3.05) is 29.0 Å². The highest BCUT2D eigenvalue weighted by atomic mass is 16.2. The summed E-state index contributed by atoms with van der Waals surface area (Å²) in [5, 5.41) is 12.2. The van der Waals surface area contributed by atoms with Gasteiger partial charge in [0.1, 0.15) is 18.2 Å². The summed E-state index contributed by atoms with van der Waals surface area (Å²) in [4.78, 5) is 50.6. The molecule has 1 fully saturated rings. The fourth-order valence-corrected chi connectivity index (χ4v) is 4.87. The van der Waals surface area contributed by atoms with Gasteiger partial charge in [-0.15, -0.1) is 0 Å². The van der Waals surface area contributed by atoms with E-state index in [0.717, 1.165) is 17.4 Å². The predicted octanol–water partition coefficient (Wildman–Crippen LogP) is 0.360. The van der Waals surface area contributed by atoms with E-state index in [-0.39, 0.29) is 35.4 Å². The molecular weight excluding hydrogens is 500 g/mol. The molecule has 1 atom stereocenters. The summed E-state index contributed by atoms with van der Waals surface area (Å²) in [7, 11) is 1.50. The lowest BCUT2D eigenvalue weighted by Crippen LogP contribution is -2.44. The number of carbonyl (C=O) groups excluding carboxylic acids is 1. The van der Waals surface area contributed by atoms with Gasteiger partial charge in [0.05, 0.1) is 18.2 Å². The average molecular weight is 529 g/mol. The fourth-order valence-electron chi connectivity index (χ4n) is 4.87. The van der Waals surface area contributed by atoms with Crippen LogP contribution in [0, 0.1) is 11.3 Å². The Morgan fingerprint density at radius 2 is 1.95 bits per heavy atom. The van der Waals surface area contributed by atoms with Gasteiger partial charge in [0.15, 0.2) is 11.2 Å². The Morgan fingerprint density at radius 1 is 1.15 bits per heavy atom. The lowest BCUT2D eigenvalue weighted by Gasteiger charge is -2.32. The standard InChI is InChI=1S/C26H28N10O3/c1-33-23-22(24(38)36(26(33)39)15-21(37)31-20-10-4-9-19(29)30-20)35(13-17-7-3-2-6-16(17)12-27)25(32-23)34-11-5-8-18(28)14-34/h2-4,6-7,9-10,18H,5,8,11,13-15,28H2,1H3,(H3,29,30,31,37)/t18-/m1/s1. The molecule has 0 unspecified atom stereocenters. The summed E-state index contributed by atoms with van der Waals surface area (Å²) in [5.74, 6) is 0.280. The minimum atomic E-state index is -0.688. The van der Waals surface area contributed by atoms with Crippen molar-refractivity contribution in [1.29, 1.82) is 5.26 Å². The van der Waals surface area contributed by atoms with Gasteiger partial charge in [0, 0.05) is 26.2 Å². The van der Waals surface area contributed by atoms with Crippen LogP contribution in [-0.4, -0.2) is 48.7 Å². The van der Waals surface area contributed by atoms with Crippen molar-refractivity contribution < 1.29 is 4.79 Å². The molecule has 0 bridgehead atoms. The molecule has 3 aromatic heterocycles. The summed E-state index contributed by atoms with van der Waals surface area (Å²) >= 11 is 0. The largest absolute Gasteiger partial charge is 0.384 e. The van der Waals surface area contributed by atoms with Crippen LogP contribution in [0.5, 0.6) is 0 Å². The number of nitrogen functional groups attached to an aromatic ring is 1. The second-order valence-electron chi connectivity index (χ2n) is 9.52. The molecule has 5 N–H and O–H groups in total. The van der Waals surface area contributed by atoms with Crippen LogP contribution in [0.25, 0.3) is 11.2 Å². The summed E-state index contributed by atoms with van der Waals surface area (Å²) in [6.45, 7) is 0.825. The van der Waals surface area contributed by atoms with Gasteiger partial charge >= 0.3 is 5.69 Å². The van der Waals surface area contributed by atoms with E-state index in [2.05, 4.69) is 16.4 Å². The Labute approximate surface area is 222 Å². The van der Waals surface area contributed by atoms with E-state index in [9.17, 15) is 19.6 Å². The number of amides is 1. The zero-order chi connectivity index (χ0) is 27.7. The van der Waals surface area contributed by atoms with Crippen molar-refractivity contribution in [3.8, 4) is 6.07 Å². The normalized spacial score (nSPS) is 15.3. The molecule has 1 amide bonds. The van der Waals surface area contributed by atoms with E-state index < -0.39 is 23.7 Å². The zero-order valence-electron chi connectivity index (χ0n) is 21.4. The van der Waals surface area contributed by atoms with E-state index in [1.807, 2.05) is 17.0 Å². The van der Waals surface area contributed by atoms with Gasteiger partial charge in [-0.25, -0.2) is 14.3 Å². The summed E-state index contributed by atoms with van der Waals surface area (Å²) < 4.78 is 3.83. The van der Waals surface area contributed by atoms with Gasteiger partial charge in [-0.05, 0) is 36.6 Å². The first kappa shape index (κ1) is 25.7. The lowest BCUT2D eigenvalue weighted by molar-refractivity contribution is -0.116. The highest BCUT2D eigenvalue weighted by Gasteiger charge is 2.27. The van der Waals surface area contributed by atoms with Gasteiger partial charge < -0.3 is 21.7 Å². The number of nitrogens with one attached hydrogen (secondary N) is 1. The van der Waals surface area contributed by atoms with E-state index in [0.29, 0.717) is 30.2 Å². The number of aromatic nitrogens is 5. The van der Waals surface area contributed by atoms with Crippen LogP contribution in [0.2, 0.25) is 0 Å². The second kappa shape index (κ2) is 10.4. The SMILES string of the molecule is Cn1c(=O)n(CC(=O)Nc2cccc(N)n2)c(=O)c2c1nc(N1CCC[C@@H](N)C1)n2Cc1ccccc1C#N. The number of rotatable bonds is 6. The summed E-state index contributed by atoms with van der Waals surface area (Å²) in [6, 6.07) is 14.0. The highest BCUT2D eigenvalue weighted by molar-refractivity contribution is 5.90. The zero-order valence-corrected chi connectivity index (χ0v) is 21.4. The predicted molar refractivity (Wildman–Crippen MR) is 146 cm³/mol. The van der Waals surface area contributed by atoms with E-state index >= 15 is 0 Å². The molecule has 0 saturated carbocycles. The molecule has 4 aromatic rings. The first-order valence-electron chi connectivity index (χ1n) is 12.5. The smallest absolute Gasteiger partial charge is 0.332 e. The molecule has 13 heteroatoms. The van der Waals surface area contributed by atoms with Gasteiger partial charge in [-0.1, -0.05) is 24.3 Å². The minimum Gasteiger partial charge on any atom is -0.384 e. The number of piperidine rings is 1. The van der Waals surface area contributed by atoms with Gasteiger partial charge in [0.2, 0.25) is 11.9 Å². The topological polar surface area (TPSA) is 183 Å². The maximum atomic E-state index is 13.8. The van der Waals surface area contributed by atoms with Crippen LogP contribution in [0.15, 0.2) is 52.1 Å². The molecule has 0 aliphatic carbocycles. The van der Waals surface area contributed by atoms with E-state index in [4.69, 9.17) is 16.5 Å². The first-order valence-corrected chi connectivity index (χ1v) is 12.5. The molecule has 13 nitrogen and oxygen atoms in total. The molecule has 1 aromatic carbocycles. The maximum absolute atomic E-state index is 13.8. The first-order chi connectivity index (χ1) is 18.8. The number of nitriles is 1. The Hall–Kier alpha value is -4.96. The molecule has 39 heavy (non-hydrogen) atoms. The number of carbonyl (C=O) groups is 1. The van der Waals surface area contributed by atoms with Crippen LogP contribution < -0.4 is 32.9 Å². The van der Waals surface area contributed by atoms with Gasteiger partial charge in [-0.3, -0.25) is 18.7 Å². The number of nitrogens with zero attached hydrogens (tertiary/aromatic N) is 7. The average Bonchev–Trinajstić information content (AvgIpc) is 3.29. The number of nitrogens with two attached hydrogens (primary N) is 2. The molecule has 1 aliphatic rings. The number of hydrogen-bond acceptors (Lipinski definition) is 9. The maximum Gasteiger partial charge on any atom is 0.332 e. The van der Waals surface area contributed by atoms with Crippen molar-refractivity contribution in [2.45, 2.75) is 32.0 Å². The number of hydrogen-bond donors (Lipinski definition) is 3. The summed E-state index contributed by atoms with van der Waals surface area (Å²) in [6.07, 6.45) is 1.72. The summed E-state index contributed by atoms with van der Waals surface area (Å²) in [5.41, 5.74) is 12.0. The fraction of sp³-hybridized carbons (Fsp3) is 0.308. The Morgan fingerprint density at radius 3 is 2.69 bits per heavy atom. The van der Waals surface area contributed by atoms with Crippen molar-refractivity contribution in [2.24, 2.45) is 12.8 Å². The third-order valence-electron chi connectivity index (χ3n) is 6.76. The molecule has 4 heterocycles. The second-order valence-corrected chi connectivity index (χ2v) is 9.52. The van der Waals surface area contributed by atoms with Crippen molar-refractivity contribution in [3.63, 3.8) is 0 Å². The number of imidazole rings is 1. The van der Waals surface area contributed by atoms with Crippen LogP contribution in [0.1, 0.15) is 24.0 Å². The van der Waals surface area contributed by atoms with Crippen LogP contribution in [-0.2, 0) is 24.9 Å². The van der Waals surface area contributed by atoms with Crippen LogP contribution in [0.4, 0.5) is 17.6 Å². The molecule has 1 saturated heterocycles. The quantitative estimate of drug-likeness (QED) is 0.318. The third kappa shape index (κ3) is 4.97. The molecule has 5 rings (SSSR count). The molecule has 0 radical (unpaired) electrons. The molecular formula is C26H28N10O3. The van der Waals surface area contributed by atoms with Crippen molar-refractivity contribution in [3.05, 3.63) is 74.4 Å². The van der Waals surface area contributed by atoms with Crippen LogP contribution >= 0.6 is 0 Å². The monoisotopic (exact) mass is 528 g/mol. The highest BCUT2D eigenvalue weighted by Crippen LogP contribution is 2.25. The van der Waals surface area contributed by atoms with Gasteiger partial charge in [-0.2, -0.15) is 10.2 Å². The number of benzene rings is 1. The molecule has 200 valence electrons. The lowest BCUT2D eigenvalue weighted by atomic mass is 10.1. The van der Waals surface area contributed by atoms with Crippen LogP contribution in [0.3, 0.4) is 0 Å². The van der Waals surface area contributed by atoms with Crippen molar-refractivity contribution >= 4 is 34.7 Å². The molecule has 0 spiro atoms. The number of pyridine rings is 1. The number of aryl methyl sites for hydroxylation is 1. The number of fused-ring (bicyclic) bond motifs is 1. The van der Waals surface area contributed by atoms with E-state index in [1.54, 1.807) is 34.9 Å². The van der Waals surface area contributed by atoms with Crippen molar-refractivity contribution in [1.82, 2.24) is 23.7 Å². The number of anilines is 3. The third-order valence-corrected chi connectivity index (χ3v) is 6.76. The van der Waals surface area contributed by atoms with E-state index in [1.165, 1.54) is 11.6 Å². The minimum absolute atomic E-state index is 0.0665. The molecule has 1 aliphatic heterocycles.